The van der Waals surface area contributed by atoms with Crippen molar-refractivity contribution in [2.45, 2.75) is 25.2 Å². The summed E-state index contributed by atoms with van der Waals surface area (Å²) < 4.78 is 8.69. The Hall–Kier alpha value is -2.16. The van der Waals surface area contributed by atoms with E-state index in [1.807, 2.05) is 46.5 Å². The summed E-state index contributed by atoms with van der Waals surface area (Å²) in [7, 11) is 0. The van der Waals surface area contributed by atoms with Crippen molar-refractivity contribution in [1.82, 2.24) is 14.8 Å². The Morgan fingerprint density at radius 3 is 2.89 bits per heavy atom. The van der Waals surface area contributed by atoms with Gasteiger partial charge in [-0.15, -0.1) is 32.9 Å². The quantitative estimate of drug-likeness (QED) is 0.311. The van der Waals surface area contributed by atoms with Gasteiger partial charge in [0.25, 0.3) is 0 Å². The molecule has 0 aliphatic rings. The highest BCUT2D eigenvalue weighted by molar-refractivity contribution is 7.99. The molecule has 0 fully saturated rings. The molecule has 3 heterocycles. The molecule has 0 saturated heterocycles. The Kier molecular flexibility index (Phi) is 5.56. The van der Waals surface area contributed by atoms with Gasteiger partial charge in [-0.2, -0.15) is 0 Å². The first kappa shape index (κ1) is 18.2. The average molecular weight is 416 g/mol. The molecular weight excluding hydrogens is 398 g/mol. The van der Waals surface area contributed by atoms with Crippen molar-refractivity contribution in [3.63, 3.8) is 0 Å². The van der Waals surface area contributed by atoms with Crippen LogP contribution in [0, 0.1) is 0 Å². The van der Waals surface area contributed by atoms with Gasteiger partial charge in [0, 0.05) is 16.8 Å². The zero-order chi connectivity index (χ0) is 18.6. The first-order valence-electron chi connectivity index (χ1n) is 8.47. The summed E-state index contributed by atoms with van der Waals surface area (Å²) in [5.74, 6) is 0.802. The van der Waals surface area contributed by atoms with Crippen molar-refractivity contribution < 1.29 is 9.53 Å². The van der Waals surface area contributed by atoms with Crippen LogP contribution in [0.4, 0.5) is 0 Å². The second-order valence-corrected chi connectivity index (χ2v) is 8.54. The summed E-state index contributed by atoms with van der Waals surface area (Å²) in [6.45, 7) is 3.09. The van der Waals surface area contributed by atoms with Gasteiger partial charge in [-0.05, 0) is 35.2 Å². The number of fused-ring (bicyclic) bond motifs is 1. The lowest BCUT2D eigenvalue weighted by Crippen LogP contribution is -2.08. The number of ether oxygens (including phenoxy) is 1. The van der Waals surface area contributed by atoms with Gasteiger partial charge in [-0.3, -0.25) is 4.79 Å². The lowest BCUT2D eigenvalue weighted by molar-refractivity contribution is -0.141. The molecule has 27 heavy (non-hydrogen) atoms. The maximum Gasteiger partial charge on any atom is 0.316 e. The summed E-state index contributed by atoms with van der Waals surface area (Å²) >= 11 is 4.65. The molecule has 0 aliphatic heterocycles. The zero-order valence-electron chi connectivity index (χ0n) is 14.6. The Morgan fingerprint density at radius 2 is 2.07 bits per heavy atom. The van der Waals surface area contributed by atoms with Crippen molar-refractivity contribution in [3.05, 3.63) is 52.7 Å². The summed E-state index contributed by atoms with van der Waals surface area (Å²) in [6, 6.07) is 12.2. The number of thiophene rings is 2. The normalized spacial score (nSPS) is 11.1. The standard InChI is InChI=1S/C19H17N3O2S3/c1-2-22-18(16-8-5-9-25-16)20-21-19(22)27-12-17(23)24-10-13-11-26-15-7-4-3-6-14(13)15/h3-9,11H,2,10,12H2,1H3. The molecule has 0 radical (unpaired) electrons. The van der Waals surface area contributed by atoms with Crippen LogP contribution in [-0.2, 0) is 22.7 Å². The third kappa shape index (κ3) is 3.92. The van der Waals surface area contributed by atoms with Crippen LogP contribution in [-0.4, -0.2) is 26.5 Å². The Bertz CT molecular complexity index is 1050. The van der Waals surface area contributed by atoms with Crippen LogP contribution < -0.4 is 0 Å². The summed E-state index contributed by atoms with van der Waals surface area (Å²) in [5.41, 5.74) is 1.05. The number of rotatable bonds is 7. The molecule has 0 saturated carbocycles. The number of nitrogens with zero attached hydrogens (tertiary/aromatic N) is 3. The SMILES string of the molecule is CCn1c(SCC(=O)OCc2csc3ccccc23)nnc1-c1cccs1. The van der Waals surface area contributed by atoms with E-state index in [0.717, 1.165) is 33.4 Å². The summed E-state index contributed by atoms with van der Waals surface area (Å²) in [4.78, 5) is 13.3. The molecule has 138 valence electrons. The van der Waals surface area contributed by atoms with E-state index in [2.05, 4.69) is 22.3 Å². The van der Waals surface area contributed by atoms with Crippen molar-refractivity contribution >= 4 is 50.5 Å². The van der Waals surface area contributed by atoms with Crippen molar-refractivity contribution in [1.29, 1.82) is 0 Å². The van der Waals surface area contributed by atoms with Gasteiger partial charge < -0.3 is 9.30 Å². The molecule has 0 amide bonds. The third-order valence-corrected chi connectivity index (χ3v) is 6.86. The summed E-state index contributed by atoms with van der Waals surface area (Å²) in [6.07, 6.45) is 0. The maximum absolute atomic E-state index is 12.2. The third-order valence-electron chi connectivity index (χ3n) is 4.04. The first-order chi connectivity index (χ1) is 13.3. The van der Waals surface area contributed by atoms with E-state index in [1.165, 1.54) is 16.5 Å². The lowest BCUT2D eigenvalue weighted by atomic mass is 10.2. The van der Waals surface area contributed by atoms with Crippen molar-refractivity contribution in [2.24, 2.45) is 0 Å². The van der Waals surface area contributed by atoms with Crippen LogP contribution in [0.2, 0.25) is 0 Å². The van der Waals surface area contributed by atoms with Crippen molar-refractivity contribution in [2.75, 3.05) is 5.75 Å². The number of hydrogen-bond donors (Lipinski definition) is 0. The maximum atomic E-state index is 12.2. The molecule has 3 aromatic heterocycles. The topological polar surface area (TPSA) is 57.0 Å². The average Bonchev–Trinajstić information content (AvgIpc) is 3.43. The molecule has 8 heteroatoms. The van der Waals surface area contributed by atoms with E-state index in [9.17, 15) is 4.79 Å². The highest BCUT2D eigenvalue weighted by atomic mass is 32.2. The van der Waals surface area contributed by atoms with Crippen molar-refractivity contribution in [3.8, 4) is 10.7 Å². The van der Waals surface area contributed by atoms with Gasteiger partial charge in [0.15, 0.2) is 11.0 Å². The van der Waals surface area contributed by atoms with Gasteiger partial charge in [0.1, 0.15) is 6.61 Å². The minimum atomic E-state index is -0.251. The van der Waals surface area contributed by atoms with E-state index in [0.29, 0.717) is 6.61 Å². The number of carbonyl (C=O) groups excluding carboxylic acids is 1. The fourth-order valence-corrected chi connectivity index (χ4v) is 5.20. The Balaban J connectivity index is 1.37. The molecule has 0 spiro atoms. The predicted molar refractivity (Wildman–Crippen MR) is 111 cm³/mol. The molecular formula is C19H17N3O2S3. The fraction of sp³-hybridized carbons (Fsp3) is 0.211. The summed E-state index contributed by atoms with van der Waals surface area (Å²) in [5, 5.41) is 14.5. The number of hydrogen-bond acceptors (Lipinski definition) is 7. The molecule has 0 bridgehead atoms. The minimum absolute atomic E-state index is 0.213. The minimum Gasteiger partial charge on any atom is -0.460 e. The number of esters is 1. The molecule has 0 atom stereocenters. The predicted octanol–water partition coefficient (Wildman–Crippen LogP) is 5.08. The number of thioether (sulfide) groups is 1. The van der Waals surface area contributed by atoms with Crippen LogP contribution in [0.15, 0.2) is 52.3 Å². The smallest absolute Gasteiger partial charge is 0.316 e. The lowest BCUT2D eigenvalue weighted by Gasteiger charge is -2.06. The van der Waals surface area contributed by atoms with Gasteiger partial charge in [-0.25, -0.2) is 0 Å². The van der Waals surface area contributed by atoms with Gasteiger partial charge >= 0.3 is 5.97 Å². The van der Waals surface area contributed by atoms with E-state index < -0.39 is 0 Å². The van der Waals surface area contributed by atoms with Crippen LogP contribution in [0.5, 0.6) is 0 Å². The number of aromatic nitrogens is 3. The highest BCUT2D eigenvalue weighted by Gasteiger charge is 2.16. The van der Waals surface area contributed by atoms with Crippen LogP contribution in [0.1, 0.15) is 12.5 Å². The van der Waals surface area contributed by atoms with E-state index in [-0.39, 0.29) is 11.7 Å². The molecule has 0 unspecified atom stereocenters. The molecule has 4 aromatic rings. The fourth-order valence-electron chi connectivity index (χ4n) is 2.74. The number of benzene rings is 1. The molecule has 0 aliphatic carbocycles. The second kappa shape index (κ2) is 8.24. The highest BCUT2D eigenvalue weighted by Crippen LogP contribution is 2.28. The van der Waals surface area contributed by atoms with Crippen LogP contribution in [0.3, 0.4) is 0 Å². The second-order valence-electron chi connectivity index (χ2n) is 5.73. The molecule has 0 N–H and O–H groups in total. The van der Waals surface area contributed by atoms with Gasteiger partial charge in [-0.1, -0.05) is 36.0 Å². The first-order valence-corrected chi connectivity index (χ1v) is 11.2. The molecule has 5 nitrogen and oxygen atoms in total. The Morgan fingerprint density at radius 1 is 1.19 bits per heavy atom. The van der Waals surface area contributed by atoms with E-state index in [1.54, 1.807) is 22.7 Å². The van der Waals surface area contributed by atoms with Gasteiger partial charge in [0.2, 0.25) is 0 Å². The zero-order valence-corrected chi connectivity index (χ0v) is 17.1. The van der Waals surface area contributed by atoms with Crippen LogP contribution >= 0.6 is 34.4 Å². The molecule has 1 aromatic carbocycles. The number of carbonyl (C=O) groups is 1. The van der Waals surface area contributed by atoms with E-state index in [4.69, 9.17) is 4.74 Å². The van der Waals surface area contributed by atoms with E-state index >= 15 is 0 Å². The Labute approximate surface area is 169 Å². The largest absolute Gasteiger partial charge is 0.460 e. The molecule has 4 rings (SSSR count). The van der Waals surface area contributed by atoms with Crippen LogP contribution in [0.25, 0.3) is 20.8 Å². The van der Waals surface area contributed by atoms with Gasteiger partial charge in [0.05, 0.1) is 10.6 Å². The monoisotopic (exact) mass is 415 g/mol.